The maximum absolute atomic E-state index is 5.24. The van der Waals surface area contributed by atoms with Crippen molar-refractivity contribution in [3.05, 3.63) is 46.7 Å². The van der Waals surface area contributed by atoms with Crippen molar-refractivity contribution in [3.63, 3.8) is 0 Å². The molecule has 0 unspecified atom stereocenters. The van der Waals surface area contributed by atoms with Crippen molar-refractivity contribution < 1.29 is 4.74 Å². The third-order valence-corrected chi connectivity index (χ3v) is 3.71. The number of hydrogen-bond acceptors (Lipinski definition) is 2. The van der Waals surface area contributed by atoms with Gasteiger partial charge in [-0.2, -0.15) is 0 Å². The summed E-state index contributed by atoms with van der Waals surface area (Å²) in [5, 5.41) is 3.44. The molecule has 0 radical (unpaired) electrons. The Kier molecular flexibility index (Phi) is 4.91. The summed E-state index contributed by atoms with van der Waals surface area (Å²) < 4.78 is 8.57. The van der Waals surface area contributed by atoms with Crippen LogP contribution in [0.15, 0.2) is 41.0 Å². The van der Waals surface area contributed by atoms with Gasteiger partial charge in [-0.3, -0.25) is 0 Å². The molecule has 19 heavy (non-hydrogen) atoms. The van der Waals surface area contributed by atoms with Crippen molar-refractivity contribution in [2.24, 2.45) is 0 Å². The second-order valence-electron chi connectivity index (χ2n) is 4.39. The Labute approximate surface area is 122 Å². The SMILES string of the molecule is CCCn1cccc1CNc1cc(OC)ccc1Br. The van der Waals surface area contributed by atoms with Crippen LogP contribution < -0.4 is 10.1 Å². The molecule has 1 aromatic heterocycles. The van der Waals surface area contributed by atoms with Gasteiger partial charge in [-0.25, -0.2) is 0 Å². The Morgan fingerprint density at radius 3 is 2.89 bits per heavy atom. The summed E-state index contributed by atoms with van der Waals surface area (Å²) in [4.78, 5) is 0. The van der Waals surface area contributed by atoms with Gasteiger partial charge in [-0.05, 0) is 46.6 Å². The Balaban J connectivity index is 2.07. The molecule has 1 N–H and O–H groups in total. The van der Waals surface area contributed by atoms with E-state index in [0.29, 0.717) is 0 Å². The molecule has 2 aromatic rings. The van der Waals surface area contributed by atoms with Crippen LogP contribution in [0.3, 0.4) is 0 Å². The number of aryl methyl sites for hydroxylation is 1. The Morgan fingerprint density at radius 1 is 1.32 bits per heavy atom. The molecule has 0 bridgehead atoms. The molecule has 0 saturated heterocycles. The highest BCUT2D eigenvalue weighted by atomic mass is 79.9. The second kappa shape index (κ2) is 6.66. The standard InChI is InChI=1S/C15H19BrN2O/c1-3-8-18-9-4-5-12(18)11-17-15-10-13(19-2)6-7-14(15)16/h4-7,9-10,17H,3,8,11H2,1-2H3. The zero-order valence-corrected chi connectivity index (χ0v) is 12.9. The fraction of sp³-hybridized carbons (Fsp3) is 0.333. The minimum atomic E-state index is 0.804. The Hall–Kier alpha value is -1.42. The fourth-order valence-electron chi connectivity index (χ4n) is 2.02. The van der Waals surface area contributed by atoms with Crippen molar-refractivity contribution in [2.75, 3.05) is 12.4 Å². The van der Waals surface area contributed by atoms with Gasteiger partial charge in [0.25, 0.3) is 0 Å². The summed E-state index contributed by atoms with van der Waals surface area (Å²) in [6.07, 6.45) is 3.27. The molecule has 0 atom stereocenters. The molecule has 0 aliphatic heterocycles. The molecule has 1 aromatic carbocycles. The summed E-state index contributed by atoms with van der Waals surface area (Å²) in [6.45, 7) is 4.05. The summed E-state index contributed by atoms with van der Waals surface area (Å²) in [5.74, 6) is 0.856. The van der Waals surface area contributed by atoms with Gasteiger partial charge in [0, 0.05) is 29.0 Å². The maximum atomic E-state index is 5.24. The summed E-state index contributed by atoms with van der Waals surface area (Å²) >= 11 is 3.55. The number of halogens is 1. The third kappa shape index (κ3) is 3.53. The van der Waals surface area contributed by atoms with Gasteiger partial charge in [0.05, 0.1) is 19.3 Å². The van der Waals surface area contributed by atoms with Crippen molar-refractivity contribution in [1.82, 2.24) is 4.57 Å². The number of hydrogen-bond donors (Lipinski definition) is 1. The minimum Gasteiger partial charge on any atom is -0.497 e. The lowest BCUT2D eigenvalue weighted by Crippen LogP contribution is -2.07. The predicted molar refractivity (Wildman–Crippen MR) is 82.7 cm³/mol. The number of ether oxygens (including phenoxy) is 1. The van der Waals surface area contributed by atoms with Crippen molar-refractivity contribution in [2.45, 2.75) is 26.4 Å². The topological polar surface area (TPSA) is 26.2 Å². The first kappa shape index (κ1) is 14.0. The molecule has 3 nitrogen and oxygen atoms in total. The van der Waals surface area contributed by atoms with E-state index in [0.717, 1.165) is 35.4 Å². The van der Waals surface area contributed by atoms with Gasteiger partial charge in [-0.1, -0.05) is 6.92 Å². The molecule has 102 valence electrons. The maximum Gasteiger partial charge on any atom is 0.121 e. The Bertz CT molecular complexity index is 537. The second-order valence-corrected chi connectivity index (χ2v) is 5.25. The fourth-order valence-corrected chi connectivity index (χ4v) is 2.41. The quantitative estimate of drug-likeness (QED) is 0.859. The normalized spacial score (nSPS) is 10.5. The average molecular weight is 323 g/mol. The summed E-state index contributed by atoms with van der Waals surface area (Å²) in [5.41, 5.74) is 2.33. The molecule has 0 aliphatic carbocycles. The van der Waals surface area contributed by atoms with E-state index >= 15 is 0 Å². The van der Waals surface area contributed by atoms with Crippen molar-refractivity contribution >= 4 is 21.6 Å². The molecule has 1 heterocycles. The van der Waals surface area contributed by atoms with Crippen LogP contribution in [0.25, 0.3) is 0 Å². The van der Waals surface area contributed by atoms with E-state index in [1.165, 1.54) is 5.69 Å². The number of rotatable bonds is 6. The zero-order valence-electron chi connectivity index (χ0n) is 11.3. The van der Waals surface area contributed by atoms with Crippen LogP contribution in [-0.2, 0) is 13.1 Å². The largest absolute Gasteiger partial charge is 0.497 e. The summed E-state index contributed by atoms with van der Waals surface area (Å²) in [7, 11) is 1.68. The molecule has 4 heteroatoms. The molecule has 0 fully saturated rings. The minimum absolute atomic E-state index is 0.804. The highest BCUT2D eigenvalue weighted by Crippen LogP contribution is 2.27. The van der Waals surface area contributed by atoms with Gasteiger partial charge < -0.3 is 14.6 Å². The van der Waals surface area contributed by atoms with E-state index in [1.54, 1.807) is 7.11 Å². The van der Waals surface area contributed by atoms with Gasteiger partial charge in [0.15, 0.2) is 0 Å². The summed E-state index contributed by atoms with van der Waals surface area (Å²) in [6, 6.07) is 10.2. The highest BCUT2D eigenvalue weighted by Gasteiger charge is 2.04. The molecular weight excluding hydrogens is 304 g/mol. The van der Waals surface area contributed by atoms with Crippen LogP contribution in [0.1, 0.15) is 19.0 Å². The molecule has 0 aliphatic rings. The Morgan fingerprint density at radius 2 is 2.16 bits per heavy atom. The van der Waals surface area contributed by atoms with Crippen LogP contribution in [0.5, 0.6) is 5.75 Å². The number of anilines is 1. The first-order valence-corrected chi connectivity index (χ1v) is 7.25. The molecular formula is C15H19BrN2O. The lowest BCUT2D eigenvalue weighted by molar-refractivity contribution is 0.415. The number of aromatic nitrogens is 1. The van der Waals surface area contributed by atoms with Crippen LogP contribution in [-0.4, -0.2) is 11.7 Å². The number of methoxy groups -OCH3 is 1. The van der Waals surface area contributed by atoms with Crippen molar-refractivity contribution in [1.29, 1.82) is 0 Å². The van der Waals surface area contributed by atoms with Crippen molar-refractivity contribution in [3.8, 4) is 5.75 Å². The van der Waals surface area contributed by atoms with Gasteiger partial charge in [0.2, 0.25) is 0 Å². The van der Waals surface area contributed by atoms with Crippen LogP contribution in [0, 0.1) is 0 Å². The van der Waals surface area contributed by atoms with Crippen LogP contribution in [0.2, 0.25) is 0 Å². The molecule has 0 amide bonds. The van der Waals surface area contributed by atoms with Gasteiger partial charge >= 0.3 is 0 Å². The predicted octanol–water partition coefficient (Wildman–Crippen LogP) is 4.28. The zero-order chi connectivity index (χ0) is 13.7. The number of nitrogens with one attached hydrogen (secondary N) is 1. The first-order valence-electron chi connectivity index (χ1n) is 6.46. The van der Waals surface area contributed by atoms with Crippen LogP contribution in [0.4, 0.5) is 5.69 Å². The van der Waals surface area contributed by atoms with Gasteiger partial charge in [0.1, 0.15) is 5.75 Å². The van der Waals surface area contributed by atoms with E-state index in [1.807, 2.05) is 18.2 Å². The van der Waals surface area contributed by atoms with E-state index in [2.05, 4.69) is 51.1 Å². The molecule has 0 saturated carbocycles. The first-order chi connectivity index (χ1) is 9.24. The van der Waals surface area contributed by atoms with Crippen LogP contribution >= 0.6 is 15.9 Å². The highest BCUT2D eigenvalue weighted by molar-refractivity contribution is 9.10. The van der Waals surface area contributed by atoms with E-state index in [4.69, 9.17) is 4.74 Å². The monoisotopic (exact) mass is 322 g/mol. The third-order valence-electron chi connectivity index (χ3n) is 3.02. The molecule has 0 spiro atoms. The number of benzene rings is 1. The smallest absolute Gasteiger partial charge is 0.121 e. The van der Waals surface area contributed by atoms with E-state index in [-0.39, 0.29) is 0 Å². The van der Waals surface area contributed by atoms with Gasteiger partial charge in [-0.15, -0.1) is 0 Å². The van der Waals surface area contributed by atoms with E-state index < -0.39 is 0 Å². The number of nitrogens with zero attached hydrogens (tertiary/aromatic N) is 1. The van der Waals surface area contributed by atoms with E-state index in [9.17, 15) is 0 Å². The lowest BCUT2D eigenvalue weighted by atomic mass is 10.3. The average Bonchev–Trinajstić information content (AvgIpc) is 2.86. The molecule has 2 rings (SSSR count). The lowest BCUT2D eigenvalue weighted by Gasteiger charge is -2.12.